The molecule has 0 heterocycles. The topological polar surface area (TPSA) is 43.4 Å². The van der Waals surface area contributed by atoms with Gasteiger partial charge in [-0.05, 0) is 36.6 Å². The van der Waals surface area contributed by atoms with Crippen LogP contribution in [-0.2, 0) is 4.79 Å². The molecule has 21 heavy (non-hydrogen) atoms. The van der Waals surface area contributed by atoms with Gasteiger partial charge in [0, 0.05) is 18.4 Å². The fourth-order valence-electron chi connectivity index (χ4n) is 2.37. The van der Waals surface area contributed by atoms with Crippen molar-refractivity contribution in [1.82, 2.24) is 0 Å². The minimum absolute atomic E-state index is 0.0427. The lowest BCUT2D eigenvalue weighted by molar-refractivity contribution is -0.116. The van der Waals surface area contributed by atoms with Gasteiger partial charge in [-0.2, -0.15) is 0 Å². The lowest BCUT2D eigenvalue weighted by Gasteiger charge is -2.18. The van der Waals surface area contributed by atoms with Gasteiger partial charge in [-0.1, -0.05) is 13.8 Å². The maximum absolute atomic E-state index is 13.9. The first-order valence-electron chi connectivity index (χ1n) is 7.22. The summed E-state index contributed by atoms with van der Waals surface area (Å²) in [4.78, 5) is 24.2. The third-order valence-corrected chi connectivity index (χ3v) is 3.43. The number of halogens is 1. The average Bonchev–Trinajstić information content (AvgIpc) is 2.44. The van der Waals surface area contributed by atoms with Gasteiger partial charge in [-0.3, -0.25) is 9.59 Å². The molecule has 112 valence electrons. The van der Waals surface area contributed by atoms with E-state index in [1.807, 2.05) is 6.92 Å². The quantitative estimate of drug-likeness (QED) is 0.610. The van der Waals surface area contributed by atoms with Crippen LogP contribution in [0.3, 0.4) is 0 Å². The Balaban J connectivity index is 2.20. The lowest BCUT2D eigenvalue weighted by atomic mass is 9.85. The molecule has 0 saturated heterocycles. The van der Waals surface area contributed by atoms with Gasteiger partial charge in [-0.15, -0.1) is 0 Å². The number of rotatable bonds is 5. The van der Waals surface area contributed by atoms with E-state index >= 15 is 0 Å². The van der Waals surface area contributed by atoms with Crippen LogP contribution >= 0.6 is 0 Å². The van der Waals surface area contributed by atoms with Crippen molar-refractivity contribution in [2.45, 2.75) is 33.1 Å². The number of carbonyl (C=O) groups excluding carboxylic acids is 2. The largest absolute Gasteiger partial charge is 0.494 e. The summed E-state index contributed by atoms with van der Waals surface area (Å²) in [5.74, 6) is -0.908. The monoisotopic (exact) mass is 290 g/mol. The van der Waals surface area contributed by atoms with Crippen molar-refractivity contribution < 1.29 is 18.7 Å². The Kier molecular flexibility index (Phi) is 4.89. The Morgan fingerprint density at radius 2 is 1.95 bits per heavy atom. The molecule has 0 saturated carbocycles. The van der Waals surface area contributed by atoms with E-state index < -0.39 is 17.4 Å². The standard InChI is InChI=1S/C17H19FO3/c1-3-8-21-13-6-4-12(5-7-13)17(20)16-14(18)9-11(2)10-15(16)19/h4-7,11H,3,8-10H2,1-2H3. The summed E-state index contributed by atoms with van der Waals surface area (Å²) in [5.41, 5.74) is 0.0298. The van der Waals surface area contributed by atoms with Gasteiger partial charge in [0.15, 0.2) is 11.6 Å². The number of ketones is 2. The lowest BCUT2D eigenvalue weighted by Crippen LogP contribution is -2.22. The van der Waals surface area contributed by atoms with Gasteiger partial charge in [0.25, 0.3) is 0 Å². The van der Waals surface area contributed by atoms with Crippen LogP contribution in [0.4, 0.5) is 4.39 Å². The van der Waals surface area contributed by atoms with Gasteiger partial charge in [0.1, 0.15) is 11.6 Å². The third-order valence-electron chi connectivity index (χ3n) is 3.43. The number of benzene rings is 1. The normalized spacial score (nSPS) is 18.8. The van der Waals surface area contributed by atoms with E-state index in [1.54, 1.807) is 31.2 Å². The molecular formula is C17H19FO3. The molecule has 1 aliphatic carbocycles. The van der Waals surface area contributed by atoms with E-state index in [0.29, 0.717) is 17.9 Å². The molecule has 0 radical (unpaired) electrons. The number of allylic oxidation sites excluding steroid dienone is 2. The van der Waals surface area contributed by atoms with E-state index in [1.165, 1.54) is 0 Å². The van der Waals surface area contributed by atoms with Gasteiger partial charge in [0.2, 0.25) is 0 Å². The van der Waals surface area contributed by atoms with Crippen LogP contribution in [0.25, 0.3) is 0 Å². The van der Waals surface area contributed by atoms with E-state index in [2.05, 4.69) is 0 Å². The number of hydrogen-bond acceptors (Lipinski definition) is 3. The highest BCUT2D eigenvalue weighted by atomic mass is 19.1. The average molecular weight is 290 g/mol. The second-order valence-electron chi connectivity index (χ2n) is 5.42. The molecule has 1 aromatic carbocycles. The summed E-state index contributed by atoms with van der Waals surface area (Å²) in [6.45, 7) is 4.41. The highest BCUT2D eigenvalue weighted by Crippen LogP contribution is 2.30. The molecule has 1 aliphatic rings. The SMILES string of the molecule is CCCOc1ccc(C(=O)C2=C(F)CC(C)CC2=O)cc1. The van der Waals surface area contributed by atoms with E-state index in [9.17, 15) is 14.0 Å². The summed E-state index contributed by atoms with van der Waals surface area (Å²) < 4.78 is 19.4. The first kappa shape index (κ1) is 15.4. The Labute approximate surface area is 123 Å². The maximum atomic E-state index is 13.9. The van der Waals surface area contributed by atoms with Gasteiger partial charge >= 0.3 is 0 Å². The van der Waals surface area contributed by atoms with Crippen molar-refractivity contribution in [3.8, 4) is 5.75 Å². The number of carbonyl (C=O) groups is 2. The van der Waals surface area contributed by atoms with Crippen molar-refractivity contribution in [2.24, 2.45) is 5.92 Å². The highest BCUT2D eigenvalue weighted by Gasteiger charge is 2.30. The third kappa shape index (κ3) is 3.57. The zero-order chi connectivity index (χ0) is 15.4. The van der Waals surface area contributed by atoms with Crippen molar-refractivity contribution in [1.29, 1.82) is 0 Å². The first-order valence-corrected chi connectivity index (χ1v) is 7.22. The minimum Gasteiger partial charge on any atom is -0.494 e. The zero-order valence-corrected chi connectivity index (χ0v) is 12.3. The van der Waals surface area contributed by atoms with Crippen LogP contribution in [0.5, 0.6) is 5.75 Å². The van der Waals surface area contributed by atoms with Crippen molar-refractivity contribution in [2.75, 3.05) is 6.61 Å². The van der Waals surface area contributed by atoms with Crippen LogP contribution in [0.2, 0.25) is 0 Å². The van der Waals surface area contributed by atoms with Crippen LogP contribution in [-0.4, -0.2) is 18.2 Å². The Hall–Kier alpha value is -1.97. The summed E-state index contributed by atoms with van der Waals surface area (Å²) >= 11 is 0. The fraction of sp³-hybridized carbons (Fsp3) is 0.412. The molecular weight excluding hydrogens is 271 g/mol. The second kappa shape index (κ2) is 6.66. The molecule has 0 aromatic heterocycles. The molecule has 0 spiro atoms. The predicted molar refractivity (Wildman–Crippen MR) is 78.1 cm³/mol. The van der Waals surface area contributed by atoms with E-state index in [0.717, 1.165) is 6.42 Å². The summed E-state index contributed by atoms with van der Waals surface area (Å²) in [7, 11) is 0. The molecule has 1 atom stereocenters. The predicted octanol–water partition coefficient (Wildman–Crippen LogP) is 3.88. The number of ether oxygens (including phenoxy) is 1. The molecule has 0 aliphatic heterocycles. The Morgan fingerprint density at radius 3 is 2.52 bits per heavy atom. The fourth-order valence-corrected chi connectivity index (χ4v) is 2.37. The molecule has 4 heteroatoms. The molecule has 1 unspecified atom stereocenters. The highest BCUT2D eigenvalue weighted by molar-refractivity contribution is 6.27. The van der Waals surface area contributed by atoms with E-state index in [4.69, 9.17) is 4.74 Å². The molecule has 0 bridgehead atoms. The molecule has 3 nitrogen and oxygen atoms in total. The zero-order valence-electron chi connectivity index (χ0n) is 12.3. The van der Waals surface area contributed by atoms with Crippen molar-refractivity contribution in [3.63, 3.8) is 0 Å². The van der Waals surface area contributed by atoms with Crippen molar-refractivity contribution >= 4 is 11.6 Å². The Bertz CT molecular complexity index is 572. The first-order chi connectivity index (χ1) is 10.0. The molecule has 2 rings (SSSR count). The molecule has 0 N–H and O–H groups in total. The smallest absolute Gasteiger partial charge is 0.199 e. The summed E-state index contributed by atoms with van der Waals surface area (Å²) in [5, 5.41) is 0. The minimum atomic E-state index is -0.588. The van der Waals surface area contributed by atoms with Crippen LogP contribution in [0.1, 0.15) is 43.5 Å². The van der Waals surface area contributed by atoms with Gasteiger partial charge in [0.05, 0.1) is 12.2 Å². The second-order valence-corrected chi connectivity index (χ2v) is 5.42. The van der Waals surface area contributed by atoms with Crippen molar-refractivity contribution in [3.05, 3.63) is 41.2 Å². The van der Waals surface area contributed by atoms with Crippen LogP contribution in [0, 0.1) is 5.92 Å². The summed E-state index contributed by atoms with van der Waals surface area (Å²) in [6.07, 6.45) is 1.28. The van der Waals surface area contributed by atoms with Gasteiger partial charge in [-0.25, -0.2) is 4.39 Å². The number of hydrogen-bond donors (Lipinski definition) is 0. The molecule has 0 amide bonds. The number of Topliss-reactive ketones (excluding diaryl/α,β-unsaturated/α-hetero) is 2. The maximum Gasteiger partial charge on any atom is 0.199 e. The molecule has 1 aromatic rings. The molecule has 0 fully saturated rings. The van der Waals surface area contributed by atoms with E-state index in [-0.39, 0.29) is 24.3 Å². The summed E-state index contributed by atoms with van der Waals surface area (Å²) in [6, 6.07) is 6.46. The van der Waals surface area contributed by atoms with Crippen LogP contribution < -0.4 is 4.74 Å². The Morgan fingerprint density at radius 1 is 1.29 bits per heavy atom. The van der Waals surface area contributed by atoms with Crippen LogP contribution in [0.15, 0.2) is 35.7 Å². The van der Waals surface area contributed by atoms with Gasteiger partial charge < -0.3 is 4.74 Å².